The maximum atomic E-state index is 13.9. The van der Waals surface area contributed by atoms with Crippen LogP contribution in [0.3, 0.4) is 0 Å². The monoisotopic (exact) mass is 529 g/mol. The molecule has 3 aromatic rings. The van der Waals surface area contributed by atoms with Crippen LogP contribution in [0.5, 0.6) is 0 Å². The molecule has 1 aliphatic rings. The molecule has 1 N–H and O–H groups in total. The largest absolute Gasteiger partial charge is 0.385 e. The molecule has 0 saturated carbocycles. The average Bonchev–Trinajstić information content (AvgIpc) is 3.36. The van der Waals surface area contributed by atoms with Gasteiger partial charge in [0.1, 0.15) is 0 Å². The minimum atomic E-state index is -0.868. The number of hydrogen-bond donors (Lipinski definition) is 1. The highest BCUT2D eigenvalue weighted by Gasteiger charge is 2.20. The highest BCUT2D eigenvalue weighted by atomic mass is 19.2. The van der Waals surface area contributed by atoms with Gasteiger partial charge >= 0.3 is 0 Å². The van der Waals surface area contributed by atoms with E-state index < -0.39 is 11.6 Å². The summed E-state index contributed by atoms with van der Waals surface area (Å²) < 4.78 is 27.5. The lowest BCUT2D eigenvalue weighted by molar-refractivity contribution is 0.297. The number of nitrogens with one attached hydrogen (secondary N) is 1. The van der Waals surface area contributed by atoms with Crippen molar-refractivity contribution < 1.29 is 8.78 Å². The summed E-state index contributed by atoms with van der Waals surface area (Å²) in [7, 11) is 3.85. The molecule has 204 valence electrons. The first kappa shape index (κ1) is 28.3. The Bertz CT molecular complexity index is 1340. The first-order valence-electron chi connectivity index (χ1n) is 13.5. The number of hydrogen-bond acceptors (Lipinski definition) is 5. The van der Waals surface area contributed by atoms with Gasteiger partial charge in [0.2, 0.25) is 0 Å². The quantitative estimate of drug-likeness (QED) is 0.310. The van der Waals surface area contributed by atoms with E-state index in [0.29, 0.717) is 29.6 Å². The molecule has 0 spiro atoms. The molecule has 0 aliphatic carbocycles. The summed E-state index contributed by atoms with van der Waals surface area (Å²) in [6.07, 6.45) is 13.9. The summed E-state index contributed by atoms with van der Waals surface area (Å²) in [6.45, 7) is 5.69. The fraction of sp³-hybridized carbons (Fsp3) is 0.344. The fourth-order valence-electron chi connectivity index (χ4n) is 5.02. The zero-order chi connectivity index (χ0) is 27.8. The maximum absolute atomic E-state index is 13.9. The van der Waals surface area contributed by atoms with Gasteiger partial charge in [-0.3, -0.25) is 4.99 Å². The lowest BCUT2D eigenvalue weighted by atomic mass is 10.0. The van der Waals surface area contributed by atoms with Crippen molar-refractivity contribution in [3.05, 3.63) is 101 Å². The van der Waals surface area contributed by atoms with Crippen LogP contribution in [0.1, 0.15) is 48.4 Å². The van der Waals surface area contributed by atoms with E-state index in [1.54, 1.807) is 20.0 Å². The van der Waals surface area contributed by atoms with Gasteiger partial charge in [-0.25, -0.2) is 18.7 Å². The van der Waals surface area contributed by atoms with Crippen LogP contribution in [0, 0.1) is 18.6 Å². The third kappa shape index (κ3) is 7.24. The van der Waals surface area contributed by atoms with Crippen molar-refractivity contribution in [1.29, 1.82) is 0 Å². The zero-order valence-electron chi connectivity index (χ0n) is 23.2. The van der Waals surface area contributed by atoms with Crippen LogP contribution in [0.25, 0.3) is 17.1 Å². The summed E-state index contributed by atoms with van der Waals surface area (Å²) in [5.74, 6) is -1.02. The van der Waals surface area contributed by atoms with E-state index in [9.17, 15) is 8.78 Å². The Kier molecular flexibility index (Phi) is 9.71. The molecular weight excluding hydrogens is 492 g/mol. The molecule has 1 aromatic heterocycles. The summed E-state index contributed by atoms with van der Waals surface area (Å²) >= 11 is 0. The smallest absolute Gasteiger partial charge is 0.161 e. The Morgan fingerprint density at radius 3 is 2.62 bits per heavy atom. The SMILES string of the molecule is CC=C(NCCC1CCCN1C)c1cnc(-c2cccc(C/C=C\C(=NC)c3cc(C)c(F)c(F)c3)c2)nc1. The Labute approximate surface area is 230 Å². The van der Waals surface area contributed by atoms with Gasteiger partial charge in [0.15, 0.2) is 17.5 Å². The predicted octanol–water partition coefficient (Wildman–Crippen LogP) is 6.38. The number of benzene rings is 2. The van der Waals surface area contributed by atoms with Gasteiger partial charge in [0.05, 0.1) is 5.71 Å². The molecule has 5 nitrogen and oxygen atoms in total. The highest BCUT2D eigenvalue weighted by Crippen LogP contribution is 2.21. The standard InChI is InChI=1S/C32H37F2N5/c1-5-29(36-15-14-27-12-8-16-39(27)4)26-20-37-32(38-21-26)24-11-6-9-23(18-24)10-7-13-30(35-3)25-17-22(2)31(34)28(33)19-25/h5-7,9,11,13,17-21,27,36H,8,10,12,14-16H2,1-4H3/b13-7-,29-5?,35-30?. The number of likely N-dealkylation sites (tertiary alicyclic amines) is 1. The van der Waals surface area contributed by atoms with Crippen LogP contribution >= 0.6 is 0 Å². The first-order valence-corrected chi connectivity index (χ1v) is 13.5. The minimum absolute atomic E-state index is 0.257. The number of allylic oxidation sites excluding steroid dienone is 3. The van der Waals surface area contributed by atoms with Crippen molar-refractivity contribution >= 4 is 11.4 Å². The average molecular weight is 530 g/mol. The van der Waals surface area contributed by atoms with Gasteiger partial charge in [-0.1, -0.05) is 30.4 Å². The van der Waals surface area contributed by atoms with Crippen molar-refractivity contribution in [3.63, 3.8) is 0 Å². The van der Waals surface area contributed by atoms with E-state index in [1.165, 1.54) is 25.5 Å². The van der Waals surface area contributed by atoms with Crippen molar-refractivity contribution in [2.75, 3.05) is 27.2 Å². The Morgan fingerprint density at radius 1 is 1.15 bits per heavy atom. The molecule has 1 unspecified atom stereocenters. The molecule has 1 atom stereocenters. The summed E-state index contributed by atoms with van der Waals surface area (Å²) in [6, 6.07) is 11.5. The molecule has 4 rings (SSSR count). The molecule has 1 saturated heterocycles. The van der Waals surface area contributed by atoms with Crippen molar-refractivity contribution in [1.82, 2.24) is 20.2 Å². The first-order chi connectivity index (χ1) is 18.9. The second-order valence-corrected chi connectivity index (χ2v) is 9.99. The van der Waals surface area contributed by atoms with Crippen molar-refractivity contribution in [2.45, 2.75) is 45.6 Å². The summed E-state index contributed by atoms with van der Waals surface area (Å²) in [5.41, 5.74) is 5.44. The van der Waals surface area contributed by atoms with Gasteiger partial charge in [0.25, 0.3) is 0 Å². The molecule has 0 amide bonds. The van der Waals surface area contributed by atoms with Crippen molar-refractivity contribution in [2.24, 2.45) is 4.99 Å². The highest BCUT2D eigenvalue weighted by molar-refractivity contribution is 6.08. The number of aromatic nitrogens is 2. The predicted molar refractivity (Wildman–Crippen MR) is 156 cm³/mol. The third-order valence-electron chi connectivity index (χ3n) is 7.28. The van der Waals surface area contributed by atoms with Crippen molar-refractivity contribution in [3.8, 4) is 11.4 Å². The number of aryl methyl sites for hydroxylation is 1. The number of halogens is 2. The lowest BCUT2D eigenvalue weighted by Crippen LogP contribution is -2.28. The van der Waals surface area contributed by atoms with Crippen LogP contribution in [-0.2, 0) is 6.42 Å². The topological polar surface area (TPSA) is 53.4 Å². The van der Waals surface area contributed by atoms with Gasteiger partial charge in [0, 0.05) is 54.4 Å². The van der Waals surface area contributed by atoms with Crippen LogP contribution < -0.4 is 5.32 Å². The zero-order valence-corrected chi connectivity index (χ0v) is 23.2. The molecule has 1 fully saturated rings. The van der Waals surface area contributed by atoms with E-state index in [-0.39, 0.29) is 5.56 Å². The lowest BCUT2D eigenvalue weighted by Gasteiger charge is -2.20. The van der Waals surface area contributed by atoms with E-state index >= 15 is 0 Å². The summed E-state index contributed by atoms with van der Waals surface area (Å²) in [4.78, 5) is 16.0. The molecule has 39 heavy (non-hydrogen) atoms. The Balaban J connectivity index is 1.38. The molecule has 7 heteroatoms. The fourth-order valence-corrected chi connectivity index (χ4v) is 5.02. The Morgan fingerprint density at radius 2 is 1.95 bits per heavy atom. The van der Waals surface area contributed by atoms with Crippen LogP contribution in [0.15, 0.2) is 72.0 Å². The van der Waals surface area contributed by atoms with E-state index in [2.05, 4.69) is 44.4 Å². The minimum Gasteiger partial charge on any atom is -0.385 e. The second kappa shape index (κ2) is 13.4. The molecule has 2 heterocycles. The van der Waals surface area contributed by atoms with Crippen LogP contribution in [-0.4, -0.2) is 53.8 Å². The van der Waals surface area contributed by atoms with E-state index in [1.807, 2.05) is 49.7 Å². The van der Waals surface area contributed by atoms with E-state index in [4.69, 9.17) is 0 Å². The second-order valence-electron chi connectivity index (χ2n) is 9.99. The number of nitrogens with zero attached hydrogens (tertiary/aromatic N) is 4. The number of aliphatic imine (C=N–C) groups is 1. The van der Waals surface area contributed by atoms with Gasteiger partial charge in [-0.05, 0) is 88.5 Å². The van der Waals surface area contributed by atoms with Crippen LogP contribution in [0.4, 0.5) is 8.78 Å². The van der Waals surface area contributed by atoms with E-state index in [0.717, 1.165) is 35.4 Å². The molecule has 1 aliphatic heterocycles. The molecular formula is C32H37F2N5. The third-order valence-corrected chi connectivity index (χ3v) is 7.28. The summed E-state index contributed by atoms with van der Waals surface area (Å²) in [5, 5.41) is 3.56. The molecule has 0 bridgehead atoms. The molecule has 0 radical (unpaired) electrons. The number of rotatable bonds is 10. The van der Waals surface area contributed by atoms with Gasteiger partial charge < -0.3 is 10.2 Å². The normalized spacial score (nSPS) is 16.8. The Hall–Kier alpha value is -3.71. The van der Waals surface area contributed by atoms with Gasteiger partial charge in [-0.2, -0.15) is 0 Å². The molecule has 2 aromatic carbocycles. The van der Waals surface area contributed by atoms with Crippen LogP contribution in [0.2, 0.25) is 0 Å². The van der Waals surface area contributed by atoms with Gasteiger partial charge in [-0.15, -0.1) is 0 Å². The maximum Gasteiger partial charge on any atom is 0.161 e.